The third kappa shape index (κ3) is 5.01. The van der Waals surface area contributed by atoms with Gasteiger partial charge in [-0.05, 0) is 42.0 Å². The van der Waals surface area contributed by atoms with E-state index in [-0.39, 0.29) is 17.6 Å². The molecule has 0 aliphatic heterocycles. The third-order valence-electron chi connectivity index (χ3n) is 3.26. The SMILES string of the molecule is C=CCNC(=O)Nc1ccc(NCc2ccc(F)c(OC)c2)cc1. The maximum absolute atomic E-state index is 13.4. The summed E-state index contributed by atoms with van der Waals surface area (Å²) < 4.78 is 18.3. The minimum atomic E-state index is -0.383. The Balaban J connectivity index is 1.90. The molecule has 0 saturated heterocycles. The summed E-state index contributed by atoms with van der Waals surface area (Å²) in [5.74, 6) is -0.161. The summed E-state index contributed by atoms with van der Waals surface area (Å²) in [6.45, 7) is 4.47. The standard InChI is InChI=1S/C18H20FN3O2/c1-3-10-20-18(23)22-15-7-5-14(6-8-15)21-12-13-4-9-16(19)17(11-13)24-2/h3-9,11,21H,1,10,12H2,2H3,(H2,20,22,23). The van der Waals surface area contributed by atoms with E-state index in [9.17, 15) is 9.18 Å². The van der Waals surface area contributed by atoms with E-state index in [0.29, 0.717) is 18.8 Å². The van der Waals surface area contributed by atoms with Gasteiger partial charge in [0.2, 0.25) is 0 Å². The zero-order chi connectivity index (χ0) is 17.4. The molecule has 2 amide bonds. The number of carbonyl (C=O) groups excluding carboxylic acids is 1. The zero-order valence-electron chi connectivity index (χ0n) is 13.4. The number of hydrogen-bond acceptors (Lipinski definition) is 3. The maximum atomic E-state index is 13.4. The first-order valence-electron chi connectivity index (χ1n) is 7.44. The summed E-state index contributed by atoms with van der Waals surface area (Å²) in [6, 6.07) is 11.7. The van der Waals surface area contributed by atoms with E-state index < -0.39 is 0 Å². The van der Waals surface area contributed by atoms with Gasteiger partial charge >= 0.3 is 6.03 Å². The van der Waals surface area contributed by atoms with E-state index in [1.165, 1.54) is 13.2 Å². The predicted octanol–water partition coefficient (Wildman–Crippen LogP) is 3.75. The fourth-order valence-electron chi connectivity index (χ4n) is 2.03. The van der Waals surface area contributed by atoms with Crippen molar-refractivity contribution in [3.8, 4) is 5.75 Å². The Hall–Kier alpha value is -3.02. The Morgan fingerprint density at radius 2 is 1.92 bits per heavy atom. The molecule has 2 aromatic rings. The molecule has 0 aromatic heterocycles. The molecule has 3 N–H and O–H groups in total. The van der Waals surface area contributed by atoms with E-state index in [2.05, 4.69) is 22.5 Å². The number of anilines is 2. The lowest BCUT2D eigenvalue weighted by Gasteiger charge is -2.10. The highest BCUT2D eigenvalue weighted by atomic mass is 19.1. The van der Waals surface area contributed by atoms with Crippen molar-refractivity contribution in [3.05, 3.63) is 66.5 Å². The smallest absolute Gasteiger partial charge is 0.319 e. The van der Waals surface area contributed by atoms with Crippen molar-refractivity contribution in [2.45, 2.75) is 6.54 Å². The van der Waals surface area contributed by atoms with Crippen LogP contribution in [0.3, 0.4) is 0 Å². The Bertz CT molecular complexity index is 702. The molecule has 0 spiro atoms. The quantitative estimate of drug-likeness (QED) is 0.678. The number of ether oxygens (including phenoxy) is 1. The minimum Gasteiger partial charge on any atom is -0.494 e. The number of halogens is 1. The summed E-state index contributed by atoms with van der Waals surface area (Å²) >= 11 is 0. The molecule has 0 saturated carbocycles. The Kier molecular flexibility index (Phi) is 6.19. The summed E-state index contributed by atoms with van der Waals surface area (Å²) in [6.07, 6.45) is 1.61. The van der Waals surface area contributed by atoms with Crippen LogP contribution in [-0.4, -0.2) is 19.7 Å². The van der Waals surface area contributed by atoms with Gasteiger partial charge in [-0.15, -0.1) is 6.58 Å². The second-order valence-electron chi connectivity index (χ2n) is 5.02. The van der Waals surface area contributed by atoms with Gasteiger partial charge in [-0.1, -0.05) is 12.1 Å². The molecule has 2 rings (SSSR count). The van der Waals surface area contributed by atoms with Gasteiger partial charge in [0.05, 0.1) is 7.11 Å². The second kappa shape index (κ2) is 8.57. The van der Waals surface area contributed by atoms with E-state index in [1.807, 2.05) is 12.1 Å². The molecule has 24 heavy (non-hydrogen) atoms. The average Bonchev–Trinajstić information content (AvgIpc) is 2.60. The van der Waals surface area contributed by atoms with Crippen molar-refractivity contribution in [3.63, 3.8) is 0 Å². The van der Waals surface area contributed by atoms with E-state index in [0.717, 1.165) is 11.3 Å². The topological polar surface area (TPSA) is 62.4 Å². The normalized spacial score (nSPS) is 9.92. The fourth-order valence-corrected chi connectivity index (χ4v) is 2.03. The number of rotatable bonds is 7. The van der Waals surface area contributed by atoms with Crippen LogP contribution in [0.1, 0.15) is 5.56 Å². The number of methoxy groups -OCH3 is 1. The summed E-state index contributed by atoms with van der Waals surface area (Å²) in [7, 11) is 1.44. The molecule has 6 heteroatoms. The van der Waals surface area contributed by atoms with Gasteiger partial charge in [-0.3, -0.25) is 0 Å². The largest absolute Gasteiger partial charge is 0.494 e. The number of urea groups is 1. The van der Waals surface area contributed by atoms with Gasteiger partial charge in [0.1, 0.15) is 0 Å². The van der Waals surface area contributed by atoms with Crippen LogP contribution in [-0.2, 0) is 6.54 Å². The van der Waals surface area contributed by atoms with Gasteiger partial charge in [-0.2, -0.15) is 0 Å². The fraction of sp³-hybridized carbons (Fsp3) is 0.167. The minimum absolute atomic E-state index is 0.222. The molecule has 2 aromatic carbocycles. The average molecular weight is 329 g/mol. The first-order chi connectivity index (χ1) is 11.6. The van der Waals surface area contributed by atoms with Crippen molar-refractivity contribution in [2.24, 2.45) is 0 Å². The van der Waals surface area contributed by atoms with Crippen LogP contribution in [0.4, 0.5) is 20.6 Å². The van der Waals surface area contributed by atoms with Gasteiger partial charge in [-0.25, -0.2) is 9.18 Å². The predicted molar refractivity (Wildman–Crippen MR) is 93.9 cm³/mol. The number of benzene rings is 2. The molecular formula is C18H20FN3O2. The van der Waals surface area contributed by atoms with Crippen molar-refractivity contribution in [2.75, 3.05) is 24.3 Å². The van der Waals surface area contributed by atoms with Crippen LogP contribution in [0.5, 0.6) is 5.75 Å². The number of nitrogens with one attached hydrogen (secondary N) is 3. The van der Waals surface area contributed by atoms with Crippen LogP contribution < -0.4 is 20.7 Å². The Morgan fingerprint density at radius 1 is 1.21 bits per heavy atom. The van der Waals surface area contributed by atoms with Gasteiger partial charge in [0, 0.05) is 24.5 Å². The lowest BCUT2D eigenvalue weighted by atomic mass is 10.2. The lowest BCUT2D eigenvalue weighted by Crippen LogP contribution is -2.28. The molecule has 0 heterocycles. The van der Waals surface area contributed by atoms with E-state index in [4.69, 9.17) is 4.74 Å². The van der Waals surface area contributed by atoms with Gasteiger partial charge < -0.3 is 20.7 Å². The molecule has 0 aliphatic carbocycles. The van der Waals surface area contributed by atoms with Crippen molar-refractivity contribution in [1.82, 2.24) is 5.32 Å². The molecule has 0 bridgehead atoms. The van der Waals surface area contributed by atoms with E-state index in [1.54, 1.807) is 30.3 Å². The van der Waals surface area contributed by atoms with Crippen LogP contribution in [0.2, 0.25) is 0 Å². The number of amides is 2. The van der Waals surface area contributed by atoms with Gasteiger partial charge in [0.25, 0.3) is 0 Å². The Morgan fingerprint density at radius 3 is 2.58 bits per heavy atom. The monoisotopic (exact) mass is 329 g/mol. The zero-order valence-corrected chi connectivity index (χ0v) is 13.4. The maximum Gasteiger partial charge on any atom is 0.319 e. The molecule has 0 unspecified atom stereocenters. The van der Waals surface area contributed by atoms with Crippen LogP contribution in [0, 0.1) is 5.82 Å². The molecule has 0 radical (unpaired) electrons. The highest BCUT2D eigenvalue weighted by molar-refractivity contribution is 5.89. The van der Waals surface area contributed by atoms with Crippen molar-refractivity contribution >= 4 is 17.4 Å². The molecule has 5 nitrogen and oxygen atoms in total. The second-order valence-corrected chi connectivity index (χ2v) is 5.02. The lowest BCUT2D eigenvalue weighted by molar-refractivity contribution is 0.253. The first kappa shape index (κ1) is 17.3. The van der Waals surface area contributed by atoms with Crippen LogP contribution in [0.15, 0.2) is 55.1 Å². The third-order valence-corrected chi connectivity index (χ3v) is 3.26. The van der Waals surface area contributed by atoms with Crippen LogP contribution in [0.25, 0.3) is 0 Å². The molecule has 0 atom stereocenters. The van der Waals surface area contributed by atoms with Gasteiger partial charge in [0.15, 0.2) is 11.6 Å². The van der Waals surface area contributed by atoms with Crippen molar-refractivity contribution in [1.29, 1.82) is 0 Å². The van der Waals surface area contributed by atoms with Crippen LogP contribution >= 0.6 is 0 Å². The highest BCUT2D eigenvalue weighted by Crippen LogP contribution is 2.20. The molecule has 0 aliphatic rings. The van der Waals surface area contributed by atoms with Crippen molar-refractivity contribution < 1.29 is 13.9 Å². The number of carbonyl (C=O) groups is 1. The molecule has 0 fully saturated rings. The first-order valence-corrected chi connectivity index (χ1v) is 7.44. The highest BCUT2D eigenvalue weighted by Gasteiger charge is 2.04. The summed E-state index contributed by atoms with van der Waals surface area (Å²) in [5.41, 5.74) is 2.47. The summed E-state index contributed by atoms with van der Waals surface area (Å²) in [5, 5.41) is 8.57. The molecular weight excluding hydrogens is 309 g/mol. The van der Waals surface area contributed by atoms with E-state index >= 15 is 0 Å². The Labute approximate surface area is 140 Å². The summed E-state index contributed by atoms with van der Waals surface area (Å²) in [4.78, 5) is 11.5. The molecule has 126 valence electrons. The number of hydrogen-bond donors (Lipinski definition) is 3.